The highest BCUT2D eigenvalue weighted by atomic mass is 16.5. The van der Waals surface area contributed by atoms with E-state index in [2.05, 4.69) is 13.8 Å². The average Bonchev–Trinajstić information content (AvgIpc) is 2.56. The van der Waals surface area contributed by atoms with Gasteiger partial charge in [0.05, 0.1) is 6.10 Å². The molecular weight excluding hydrogens is 282 g/mol. The monoisotopic (exact) mass is 327 g/mol. The largest absolute Gasteiger partial charge is 0.378 e. The number of hydrogen-bond acceptors (Lipinski definition) is 2. The molecule has 0 heterocycles. The Hall–Kier alpha value is -0.0800. The number of nitrogens with two attached hydrogens (primary N) is 1. The Bertz CT molecular complexity index is 208. The van der Waals surface area contributed by atoms with Crippen molar-refractivity contribution in [2.45, 2.75) is 123 Å². The molecule has 0 aromatic carbocycles. The predicted molar refractivity (Wildman–Crippen MR) is 104 cm³/mol. The summed E-state index contributed by atoms with van der Waals surface area (Å²) in [6.45, 7) is 6.21. The van der Waals surface area contributed by atoms with Crippen molar-refractivity contribution in [3.8, 4) is 0 Å². The lowest BCUT2D eigenvalue weighted by Crippen LogP contribution is -2.18. The van der Waals surface area contributed by atoms with Crippen LogP contribution in [0.25, 0.3) is 0 Å². The van der Waals surface area contributed by atoms with Crippen molar-refractivity contribution in [3.63, 3.8) is 0 Å². The van der Waals surface area contributed by atoms with Crippen molar-refractivity contribution in [2.75, 3.05) is 13.2 Å². The van der Waals surface area contributed by atoms with Gasteiger partial charge in [-0.25, -0.2) is 0 Å². The van der Waals surface area contributed by atoms with E-state index in [1.165, 1.54) is 96.3 Å². The molecule has 2 N–H and O–H groups in total. The highest BCUT2D eigenvalue weighted by Gasteiger charge is 2.07. The second-order valence-electron chi connectivity index (χ2n) is 7.10. The van der Waals surface area contributed by atoms with Gasteiger partial charge in [0, 0.05) is 6.61 Å². The van der Waals surface area contributed by atoms with Crippen LogP contribution in [0.2, 0.25) is 0 Å². The Balaban J connectivity index is 3.34. The van der Waals surface area contributed by atoms with Gasteiger partial charge in [0.15, 0.2) is 0 Å². The Morgan fingerprint density at radius 3 is 1.61 bits per heavy atom. The SMILES string of the molecule is CCCCCCCCCCCCCC(CCN)OCCCCC. The van der Waals surface area contributed by atoms with Crippen LogP contribution in [0, 0.1) is 0 Å². The molecule has 0 amide bonds. The fourth-order valence-electron chi connectivity index (χ4n) is 3.14. The van der Waals surface area contributed by atoms with E-state index in [0.29, 0.717) is 6.10 Å². The molecule has 0 fully saturated rings. The molecule has 0 saturated carbocycles. The van der Waals surface area contributed by atoms with Gasteiger partial charge in [-0.2, -0.15) is 0 Å². The molecule has 0 rings (SSSR count). The molecule has 0 radical (unpaired) electrons. The van der Waals surface area contributed by atoms with Gasteiger partial charge in [0.2, 0.25) is 0 Å². The molecule has 2 nitrogen and oxygen atoms in total. The number of rotatable bonds is 19. The maximum atomic E-state index is 6.00. The van der Waals surface area contributed by atoms with Crippen LogP contribution < -0.4 is 5.73 Å². The molecule has 1 atom stereocenters. The third-order valence-corrected chi connectivity index (χ3v) is 4.72. The molecular formula is C21H45NO. The van der Waals surface area contributed by atoms with E-state index in [-0.39, 0.29) is 0 Å². The lowest BCUT2D eigenvalue weighted by molar-refractivity contribution is 0.0392. The maximum absolute atomic E-state index is 6.00. The summed E-state index contributed by atoms with van der Waals surface area (Å²) in [5.41, 5.74) is 5.71. The van der Waals surface area contributed by atoms with Gasteiger partial charge in [-0.15, -0.1) is 0 Å². The van der Waals surface area contributed by atoms with Gasteiger partial charge in [0.1, 0.15) is 0 Å². The van der Waals surface area contributed by atoms with E-state index in [1.807, 2.05) is 0 Å². The van der Waals surface area contributed by atoms with Gasteiger partial charge in [-0.3, -0.25) is 0 Å². The summed E-state index contributed by atoms with van der Waals surface area (Å²) in [7, 11) is 0. The van der Waals surface area contributed by atoms with Gasteiger partial charge in [-0.05, 0) is 25.8 Å². The lowest BCUT2D eigenvalue weighted by atomic mass is 10.0. The van der Waals surface area contributed by atoms with Crippen molar-refractivity contribution in [2.24, 2.45) is 5.73 Å². The minimum absolute atomic E-state index is 0.412. The molecule has 0 bridgehead atoms. The lowest BCUT2D eigenvalue weighted by Gasteiger charge is -2.17. The molecule has 23 heavy (non-hydrogen) atoms. The highest BCUT2D eigenvalue weighted by molar-refractivity contribution is 4.60. The number of unbranched alkanes of at least 4 members (excludes halogenated alkanes) is 12. The summed E-state index contributed by atoms with van der Waals surface area (Å²) < 4.78 is 6.00. The summed E-state index contributed by atoms with van der Waals surface area (Å²) in [4.78, 5) is 0. The normalized spacial score (nSPS) is 12.7. The summed E-state index contributed by atoms with van der Waals surface area (Å²) >= 11 is 0. The Morgan fingerprint density at radius 2 is 1.09 bits per heavy atom. The Kier molecular flexibility index (Phi) is 19.9. The van der Waals surface area contributed by atoms with Gasteiger partial charge in [0.25, 0.3) is 0 Å². The predicted octanol–water partition coefficient (Wildman–Crippen LogP) is 6.61. The van der Waals surface area contributed by atoms with Crippen LogP contribution in [0.1, 0.15) is 117 Å². The maximum Gasteiger partial charge on any atom is 0.0587 e. The molecule has 0 spiro atoms. The summed E-state index contributed by atoms with van der Waals surface area (Å²) in [6.07, 6.45) is 21.9. The molecule has 0 aromatic rings. The standard InChI is InChI=1S/C21H45NO/c1-3-5-7-8-9-10-11-12-13-14-15-17-21(18-19-22)23-20-16-6-4-2/h21H,3-20,22H2,1-2H3. The van der Waals surface area contributed by atoms with E-state index in [4.69, 9.17) is 10.5 Å². The minimum Gasteiger partial charge on any atom is -0.378 e. The van der Waals surface area contributed by atoms with Crippen LogP contribution in [0.15, 0.2) is 0 Å². The molecule has 1 unspecified atom stereocenters. The van der Waals surface area contributed by atoms with Crippen LogP contribution in [0.5, 0.6) is 0 Å². The molecule has 0 aromatic heterocycles. The minimum atomic E-state index is 0.412. The fraction of sp³-hybridized carbons (Fsp3) is 1.00. The average molecular weight is 328 g/mol. The third kappa shape index (κ3) is 18.1. The van der Waals surface area contributed by atoms with E-state index in [1.54, 1.807) is 0 Å². The van der Waals surface area contributed by atoms with Crippen molar-refractivity contribution >= 4 is 0 Å². The zero-order valence-electron chi connectivity index (χ0n) is 16.3. The smallest absolute Gasteiger partial charge is 0.0587 e. The summed E-state index contributed by atoms with van der Waals surface area (Å²) in [5.74, 6) is 0. The van der Waals surface area contributed by atoms with Crippen molar-refractivity contribution < 1.29 is 4.74 Å². The van der Waals surface area contributed by atoms with Crippen molar-refractivity contribution in [3.05, 3.63) is 0 Å². The topological polar surface area (TPSA) is 35.2 Å². The zero-order valence-corrected chi connectivity index (χ0v) is 16.3. The molecule has 0 aliphatic carbocycles. The number of hydrogen-bond donors (Lipinski definition) is 1. The second-order valence-corrected chi connectivity index (χ2v) is 7.10. The summed E-state index contributed by atoms with van der Waals surface area (Å²) in [6, 6.07) is 0. The summed E-state index contributed by atoms with van der Waals surface area (Å²) in [5, 5.41) is 0. The van der Waals surface area contributed by atoms with Crippen LogP contribution >= 0.6 is 0 Å². The first kappa shape index (κ1) is 22.9. The Morgan fingerprint density at radius 1 is 0.609 bits per heavy atom. The van der Waals surface area contributed by atoms with E-state index < -0.39 is 0 Å². The molecule has 0 aliphatic rings. The van der Waals surface area contributed by atoms with Gasteiger partial charge < -0.3 is 10.5 Å². The van der Waals surface area contributed by atoms with Crippen LogP contribution in [0.4, 0.5) is 0 Å². The molecule has 0 saturated heterocycles. The molecule has 0 aliphatic heterocycles. The van der Waals surface area contributed by atoms with Crippen LogP contribution in [-0.2, 0) is 4.74 Å². The molecule has 140 valence electrons. The fourth-order valence-corrected chi connectivity index (χ4v) is 3.14. The first-order valence-corrected chi connectivity index (χ1v) is 10.7. The van der Waals surface area contributed by atoms with Crippen LogP contribution in [-0.4, -0.2) is 19.3 Å². The van der Waals surface area contributed by atoms with E-state index in [0.717, 1.165) is 19.6 Å². The first-order valence-electron chi connectivity index (χ1n) is 10.7. The van der Waals surface area contributed by atoms with Crippen molar-refractivity contribution in [1.82, 2.24) is 0 Å². The molecule has 2 heteroatoms. The number of ether oxygens (including phenoxy) is 1. The second kappa shape index (κ2) is 20.0. The Labute approximate surface area is 146 Å². The zero-order chi connectivity index (χ0) is 17.0. The third-order valence-electron chi connectivity index (χ3n) is 4.72. The highest BCUT2D eigenvalue weighted by Crippen LogP contribution is 2.14. The van der Waals surface area contributed by atoms with E-state index in [9.17, 15) is 0 Å². The van der Waals surface area contributed by atoms with Crippen LogP contribution in [0.3, 0.4) is 0 Å². The quantitative estimate of drug-likeness (QED) is 0.271. The first-order chi connectivity index (χ1) is 11.3. The van der Waals surface area contributed by atoms with Gasteiger partial charge in [-0.1, -0.05) is 97.3 Å². The van der Waals surface area contributed by atoms with Crippen molar-refractivity contribution in [1.29, 1.82) is 0 Å². The van der Waals surface area contributed by atoms with Gasteiger partial charge >= 0.3 is 0 Å². The van der Waals surface area contributed by atoms with E-state index >= 15 is 0 Å².